The number of hydrogen-bond acceptors (Lipinski definition) is 4. The monoisotopic (exact) mass is 565 g/mol. The van der Waals surface area contributed by atoms with Crippen LogP contribution >= 0.6 is 12.2 Å². The zero-order chi connectivity index (χ0) is 28.4. The first-order valence-electron chi connectivity index (χ1n) is 12.5. The molecule has 1 saturated heterocycles. The molecule has 0 aliphatic carbocycles. The van der Waals surface area contributed by atoms with Crippen LogP contribution in [-0.2, 0) is 11.0 Å². The highest BCUT2D eigenvalue weighted by Gasteiger charge is 2.42. The van der Waals surface area contributed by atoms with E-state index in [1.807, 2.05) is 35.2 Å². The molecule has 0 spiro atoms. The van der Waals surface area contributed by atoms with Crippen molar-refractivity contribution in [2.24, 2.45) is 0 Å². The molecule has 11 heteroatoms. The summed E-state index contributed by atoms with van der Waals surface area (Å²) in [6.45, 7) is 1.76. The summed E-state index contributed by atoms with van der Waals surface area (Å²) in [4.78, 5) is 18.5. The van der Waals surface area contributed by atoms with Crippen molar-refractivity contribution in [3.05, 3.63) is 102 Å². The second-order valence-corrected chi connectivity index (χ2v) is 9.52. The average molecular weight is 566 g/mol. The van der Waals surface area contributed by atoms with Gasteiger partial charge in [-0.1, -0.05) is 19.1 Å². The van der Waals surface area contributed by atoms with E-state index in [-0.39, 0.29) is 5.91 Å². The molecule has 0 bridgehead atoms. The lowest BCUT2D eigenvalue weighted by Gasteiger charge is -2.29. The van der Waals surface area contributed by atoms with Crippen LogP contribution in [0.1, 0.15) is 42.4 Å². The fourth-order valence-electron chi connectivity index (χ4n) is 4.81. The number of alkyl halides is 3. The van der Waals surface area contributed by atoms with Crippen LogP contribution in [-0.4, -0.2) is 27.7 Å². The van der Waals surface area contributed by atoms with E-state index in [1.54, 1.807) is 48.1 Å². The highest BCUT2D eigenvalue weighted by molar-refractivity contribution is 7.80. The number of carbonyl (C=O) groups is 1. The normalized spacial score (nSPS) is 17.0. The van der Waals surface area contributed by atoms with Crippen LogP contribution < -0.4 is 20.3 Å². The molecule has 40 heavy (non-hydrogen) atoms. The van der Waals surface area contributed by atoms with E-state index in [0.29, 0.717) is 45.7 Å². The predicted molar refractivity (Wildman–Crippen MR) is 151 cm³/mol. The number of nitrogens with one attached hydrogen (secondary N) is 2. The summed E-state index contributed by atoms with van der Waals surface area (Å²) in [5.74, 6) is 0.284. The Labute approximate surface area is 234 Å². The summed E-state index contributed by atoms with van der Waals surface area (Å²) in [5, 5.41) is 6.59. The van der Waals surface area contributed by atoms with Crippen molar-refractivity contribution >= 4 is 34.6 Å². The van der Waals surface area contributed by atoms with Crippen LogP contribution in [0.4, 0.5) is 24.5 Å². The molecule has 5 rings (SSSR count). The van der Waals surface area contributed by atoms with Crippen LogP contribution in [0.5, 0.6) is 5.75 Å². The van der Waals surface area contributed by atoms with Crippen LogP contribution in [0.2, 0.25) is 0 Å². The maximum absolute atomic E-state index is 13.5. The molecule has 1 aliphatic rings. The molecule has 2 aromatic carbocycles. The van der Waals surface area contributed by atoms with Crippen molar-refractivity contribution in [2.75, 3.05) is 17.3 Å². The van der Waals surface area contributed by atoms with Gasteiger partial charge < -0.3 is 24.8 Å². The highest BCUT2D eigenvalue weighted by atomic mass is 32.1. The first kappa shape index (κ1) is 27.2. The van der Waals surface area contributed by atoms with Crippen molar-refractivity contribution in [1.29, 1.82) is 0 Å². The van der Waals surface area contributed by atoms with Gasteiger partial charge in [0.2, 0.25) is 5.91 Å². The molecule has 2 aromatic heterocycles. The number of aromatic nitrogens is 2. The fourth-order valence-corrected chi connectivity index (χ4v) is 5.15. The molecule has 3 heterocycles. The number of halogens is 3. The summed E-state index contributed by atoms with van der Waals surface area (Å²) >= 11 is 5.80. The first-order valence-corrected chi connectivity index (χ1v) is 13.0. The Bertz CT molecular complexity index is 1540. The molecule has 0 radical (unpaired) electrons. The first-order chi connectivity index (χ1) is 19.2. The molecule has 1 aliphatic heterocycles. The quantitative estimate of drug-likeness (QED) is 0.252. The number of carbonyl (C=O) groups excluding carboxylic acids is 1. The lowest BCUT2D eigenvalue weighted by atomic mass is 10.0. The van der Waals surface area contributed by atoms with Gasteiger partial charge in [0, 0.05) is 41.9 Å². The number of pyridine rings is 1. The van der Waals surface area contributed by atoms with Crippen LogP contribution in [0.15, 0.2) is 85.2 Å². The number of ether oxygens (including phenoxy) is 1. The van der Waals surface area contributed by atoms with Gasteiger partial charge >= 0.3 is 6.18 Å². The second-order valence-electron chi connectivity index (χ2n) is 9.13. The summed E-state index contributed by atoms with van der Waals surface area (Å²) < 4.78 is 47.9. The molecular formula is C29H26F3N5O2S. The molecule has 1 amide bonds. The number of nitrogens with zero attached hydrogens (tertiary/aromatic N) is 3. The van der Waals surface area contributed by atoms with Crippen LogP contribution in [0, 0.1) is 0 Å². The Kier molecular flexibility index (Phi) is 7.49. The molecule has 206 valence electrons. The summed E-state index contributed by atoms with van der Waals surface area (Å²) in [5.41, 5.74) is 2.22. The third-order valence-corrected chi connectivity index (χ3v) is 7.01. The number of amides is 1. The van der Waals surface area contributed by atoms with Crippen molar-refractivity contribution in [2.45, 2.75) is 31.6 Å². The van der Waals surface area contributed by atoms with Gasteiger partial charge in [0.1, 0.15) is 11.8 Å². The lowest BCUT2D eigenvalue weighted by molar-refractivity contribution is -0.137. The van der Waals surface area contributed by atoms with Gasteiger partial charge in [-0.3, -0.25) is 9.78 Å². The SMILES string of the molecule is CCC(=O)Nc1ccc(N2C(=S)N[C@H](c3ccccn3)[C@H]2c2cccn2-c2cccc(C(F)(F)F)c2)cc1OC. The molecule has 0 saturated carbocycles. The van der Waals surface area contributed by atoms with E-state index < -0.39 is 23.8 Å². The van der Waals surface area contributed by atoms with Gasteiger partial charge in [0.05, 0.1) is 30.1 Å². The van der Waals surface area contributed by atoms with Gasteiger partial charge in [-0.25, -0.2) is 0 Å². The summed E-state index contributed by atoms with van der Waals surface area (Å²) in [7, 11) is 1.51. The van der Waals surface area contributed by atoms with Gasteiger partial charge in [-0.2, -0.15) is 13.2 Å². The Hall–Kier alpha value is -4.38. The van der Waals surface area contributed by atoms with Gasteiger partial charge in [-0.15, -0.1) is 0 Å². The Balaban J connectivity index is 1.63. The summed E-state index contributed by atoms with van der Waals surface area (Å²) in [6, 6.07) is 18.8. The zero-order valence-corrected chi connectivity index (χ0v) is 22.5. The number of methoxy groups -OCH3 is 1. The Morgan fingerprint density at radius 1 is 1.07 bits per heavy atom. The molecule has 0 unspecified atom stereocenters. The zero-order valence-electron chi connectivity index (χ0n) is 21.6. The third kappa shape index (κ3) is 5.24. The van der Waals surface area contributed by atoms with E-state index >= 15 is 0 Å². The van der Waals surface area contributed by atoms with Crippen LogP contribution in [0.25, 0.3) is 5.69 Å². The lowest BCUT2D eigenvalue weighted by Crippen LogP contribution is -2.30. The Morgan fingerprint density at radius 3 is 2.60 bits per heavy atom. The van der Waals surface area contributed by atoms with Gasteiger partial charge in [0.15, 0.2) is 5.11 Å². The number of anilines is 2. The standard InChI is InChI=1S/C29H26F3N5O2S/c1-3-25(38)34-21-13-12-20(17-24(21)39-2)37-27(26(35-28(37)40)22-10-4-5-14-33-22)23-11-7-15-36(23)19-9-6-8-18(16-19)29(30,31)32/h4-17,26-27H,3H2,1-2H3,(H,34,38)(H,35,40)/t26-,27-/m1/s1. The van der Waals surface area contributed by atoms with Crippen LogP contribution in [0.3, 0.4) is 0 Å². The van der Waals surface area contributed by atoms with E-state index in [4.69, 9.17) is 17.0 Å². The number of thiocarbonyl (C=S) groups is 1. The maximum Gasteiger partial charge on any atom is 0.416 e. The van der Waals surface area contributed by atoms with Crippen molar-refractivity contribution < 1.29 is 22.7 Å². The average Bonchev–Trinajstić information content (AvgIpc) is 3.57. The van der Waals surface area contributed by atoms with Crippen molar-refractivity contribution in [1.82, 2.24) is 14.9 Å². The minimum absolute atomic E-state index is 0.156. The molecule has 2 atom stereocenters. The number of benzene rings is 2. The van der Waals surface area contributed by atoms with E-state index in [1.165, 1.54) is 13.2 Å². The van der Waals surface area contributed by atoms with Gasteiger partial charge in [-0.05, 0) is 66.8 Å². The fraction of sp³-hybridized carbons (Fsp3) is 0.207. The predicted octanol–water partition coefficient (Wildman–Crippen LogP) is 6.43. The third-order valence-electron chi connectivity index (χ3n) is 6.69. The summed E-state index contributed by atoms with van der Waals surface area (Å²) in [6.07, 6.45) is -0.761. The Morgan fingerprint density at radius 2 is 1.90 bits per heavy atom. The van der Waals surface area contributed by atoms with E-state index in [9.17, 15) is 18.0 Å². The van der Waals surface area contributed by atoms with Gasteiger partial charge in [0.25, 0.3) is 0 Å². The molecule has 4 aromatic rings. The molecule has 7 nitrogen and oxygen atoms in total. The smallest absolute Gasteiger partial charge is 0.416 e. The highest BCUT2D eigenvalue weighted by Crippen LogP contribution is 2.44. The minimum Gasteiger partial charge on any atom is -0.494 e. The van der Waals surface area contributed by atoms with Crippen molar-refractivity contribution in [3.8, 4) is 11.4 Å². The molecular weight excluding hydrogens is 539 g/mol. The minimum atomic E-state index is -4.48. The number of rotatable bonds is 7. The van der Waals surface area contributed by atoms with Crippen molar-refractivity contribution in [3.63, 3.8) is 0 Å². The topological polar surface area (TPSA) is 71.4 Å². The van der Waals surface area contributed by atoms with E-state index in [0.717, 1.165) is 12.1 Å². The molecule has 1 fully saturated rings. The molecule has 2 N–H and O–H groups in total. The second kappa shape index (κ2) is 11.0. The van der Waals surface area contributed by atoms with E-state index in [2.05, 4.69) is 15.6 Å². The maximum atomic E-state index is 13.5. The number of hydrogen-bond donors (Lipinski definition) is 2. The largest absolute Gasteiger partial charge is 0.494 e.